The highest BCUT2D eigenvalue weighted by Crippen LogP contribution is 2.08. The van der Waals surface area contributed by atoms with Gasteiger partial charge in [-0.1, -0.05) is 0 Å². The van der Waals surface area contributed by atoms with Crippen LogP contribution in [0.1, 0.15) is 23.3 Å². The zero-order valence-corrected chi connectivity index (χ0v) is 8.44. The van der Waals surface area contributed by atoms with Crippen LogP contribution < -0.4 is 5.73 Å². The maximum atomic E-state index is 11.1. The number of esters is 1. The van der Waals surface area contributed by atoms with E-state index < -0.39 is 12.0 Å². The molecule has 0 fully saturated rings. The molecule has 0 aliphatic heterocycles. The fourth-order valence-electron chi connectivity index (χ4n) is 1.12. The van der Waals surface area contributed by atoms with E-state index in [9.17, 15) is 4.79 Å². The largest absolute Gasteiger partial charge is 0.468 e. The predicted molar refractivity (Wildman–Crippen MR) is 50.5 cm³/mol. The Balaban J connectivity index is 3.00. The van der Waals surface area contributed by atoms with Gasteiger partial charge in [0.05, 0.1) is 7.11 Å². The van der Waals surface area contributed by atoms with Gasteiger partial charge < -0.3 is 10.5 Å². The maximum absolute atomic E-state index is 11.1. The van der Waals surface area contributed by atoms with E-state index in [1.54, 1.807) is 0 Å². The molecule has 2 N–H and O–H groups in total. The van der Waals surface area contributed by atoms with Crippen molar-refractivity contribution >= 4 is 5.97 Å². The standard InChI is InChI=1S/C9H13N3O2/c1-5-4-6(2)12-8(11-5)7(10)9(13)14-3/h4,7H,10H2,1-3H3. The van der Waals surface area contributed by atoms with E-state index in [1.807, 2.05) is 19.9 Å². The summed E-state index contributed by atoms with van der Waals surface area (Å²) in [4.78, 5) is 19.2. The molecule has 1 aromatic heterocycles. The minimum absolute atomic E-state index is 0.300. The van der Waals surface area contributed by atoms with Crippen molar-refractivity contribution in [3.05, 3.63) is 23.3 Å². The van der Waals surface area contributed by atoms with Gasteiger partial charge in [0.25, 0.3) is 0 Å². The molecule has 0 spiro atoms. The van der Waals surface area contributed by atoms with Gasteiger partial charge in [-0.15, -0.1) is 0 Å². The molecule has 0 radical (unpaired) electrons. The lowest BCUT2D eigenvalue weighted by Gasteiger charge is -2.08. The third-order valence-electron chi connectivity index (χ3n) is 1.73. The average molecular weight is 195 g/mol. The van der Waals surface area contributed by atoms with Crippen molar-refractivity contribution in [1.29, 1.82) is 0 Å². The Morgan fingerprint density at radius 1 is 1.43 bits per heavy atom. The molecule has 1 heterocycles. The lowest BCUT2D eigenvalue weighted by molar-refractivity contribution is -0.142. The Bertz CT molecular complexity index is 332. The zero-order valence-electron chi connectivity index (χ0n) is 8.44. The molecule has 5 heteroatoms. The van der Waals surface area contributed by atoms with Gasteiger partial charge in [0.15, 0.2) is 11.9 Å². The number of rotatable bonds is 2. The monoisotopic (exact) mass is 195 g/mol. The molecule has 0 aliphatic rings. The lowest BCUT2D eigenvalue weighted by Crippen LogP contribution is -2.25. The molecule has 1 aromatic rings. The number of nitrogens with two attached hydrogens (primary N) is 1. The minimum atomic E-state index is -0.904. The Kier molecular flexibility index (Phi) is 3.14. The van der Waals surface area contributed by atoms with Gasteiger partial charge >= 0.3 is 5.97 Å². The number of aryl methyl sites for hydroxylation is 2. The number of methoxy groups -OCH3 is 1. The fourth-order valence-corrected chi connectivity index (χ4v) is 1.12. The van der Waals surface area contributed by atoms with Crippen LogP contribution in [0.25, 0.3) is 0 Å². The smallest absolute Gasteiger partial charge is 0.330 e. The molecule has 1 unspecified atom stereocenters. The van der Waals surface area contributed by atoms with Gasteiger partial charge in [-0.05, 0) is 19.9 Å². The van der Waals surface area contributed by atoms with Crippen molar-refractivity contribution in [1.82, 2.24) is 9.97 Å². The Morgan fingerprint density at radius 3 is 2.36 bits per heavy atom. The van der Waals surface area contributed by atoms with Crippen LogP contribution in [0.15, 0.2) is 6.07 Å². The third-order valence-corrected chi connectivity index (χ3v) is 1.73. The van der Waals surface area contributed by atoms with Crippen LogP contribution in [-0.2, 0) is 9.53 Å². The normalized spacial score (nSPS) is 12.3. The van der Waals surface area contributed by atoms with E-state index in [0.29, 0.717) is 5.82 Å². The maximum Gasteiger partial charge on any atom is 0.330 e. The van der Waals surface area contributed by atoms with Crippen LogP contribution in [0.4, 0.5) is 0 Å². The van der Waals surface area contributed by atoms with Crippen molar-refractivity contribution in [2.45, 2.75) is 19.9 Å². The van der Waals surface area contributed by atoms with Gasteiger partial charge in [0, 0.05) is 11.4 Å². The molecule has 14 heavy (non-hydrogen) atoms. The summed E-state index contributed by atoms with van der Waals surface area (Å²) in [6.07, 6.45) is 0. The van der Waals surface area contributed by atoms with Gasteiger partial charge in [-0.2, -0.15) is 0 Å². The minimum Gasteiger partial charge on any atom is -0.468 e. The summed E-state index contributed by atoms with van der Waals surface area (Å²) in [6, 6.07) is 0.909. The van der Waals surface area contributed by atoms with Crippen LogP contribution in [0, 0.1) is 13.8 Å². The van der Waals surface area contributed by atoms with Crippen LogP contribution >= 0.6 is 0 Å². The zero-order chi connectivity index (χ0) is 10.7. The van der Waals surface area contributed by atoms with E-state index in [0.717, 1.165) is 11.4 Å². The van der Waals surface area contributed by atoms with Crippen molar-refractivity contribution in [2.75, 3.05) is 7.11 Å². The summed E-state index contributed by atoms with van der Waals surface area (Å²) in [6.45, 7) is 3.64. The molecule has 5 nitrogen and oxygen atoms in total. The van der Waals surface area contributed by atoms with Crippen molar-refractivity contribution in [2.24, 2.45) is 5.73 Å². The molecule has 0 saturated carbocycles. The average Bonchev–Trinajstić information content (AvgIpc) is 2.14. The van der Waals surface area contributed by atoms with Gasteiger partial charge in [0.1, 0.15) is 0 Å². The highest BCUT2D eigenvalue weighted by Gasteiger charge is 2.19. The topological polar surface area (TPSA) is 78.1 Å². The molecule has 76 valence electrons. The van der Waals surface area contributed by atoms with E-state index in [4.69, 9.17) is 5.73 Å². The van der Waals surface area contributed by atoms with E-state index in [2.05, 4.69) is 14.7 Å². The van der Waals surface area contributed by atoms with E-state index >= 15 is 0 Å². The molecular weight excluding hydrogens is 182 g/mol. The van der Waals surface area contributed by atoms with E-state index in [1.165, 1.54) is 7.11 Å². The number of nitrogens with zero attached hydrogens (tertiary/aromatic N) is 2. The molecule has 0 amide bonds. The summed E-state index contributed by atoms with van der Waals surface area (Å²) in [5.74, 6) is -0.232. The summed E-state index contributed by atoms with van der Waals surface area (Å²) in [5, 5.41) is 0. The first kappa shape index (κ1) is 10.6. The number of hydrogen-bond acceptors (Lipinski definition) is 5. The summed E-state index contributed by atoms with van der Waals surface area (Å²) in [7, 11) is 1.28. The van der Waals surface area contributed by atoms with Crippen LogP contribution in [-0.4, -0.2) is 23.0 Å². The molecule has 1 rings (SSSR count). The molecular formula is C9H13N3O2. The van der Waals surface area contributed by atoms with E-state index in [-0.39, 0.29) is 0 Å². The second-order valence-electron chi connectivity index (χ2n) is 3.01. The number of hydrogen-bond donors (Lipinski definition) is 1. The summed E-state index contributed by atoms with van der Waals surface area (Å²) in [5.41, 5.74) is 7.16. The van der Waals surface area contributed by atoms with Crippen molar-refractivity contribution in [3.8, 4) is 0 Å². The molecule has 0 saturated heterocycles. The van der Waals surface area contributed by atoms with Gasteiger partial charge in [-0.25, -0.2) is 14.8 Å². The first-order chi connectivity index (χ1) is 6.54. The molecule has 0 aromatic carbocycles. The first-order valence-corrected chi connectivity index (χ1v) is 4.20. The molecule has 0 aliphatic carbocycles. The Morgan fingerprint density at radius 2 is 1.93 bits per heavy atom. The quantitative estimate of drug-likeness (QED) is 0.685. The SMILES string of the molecule is COC(=O)C(N)c1nc(C)cc(C)n1. The summed E-state index contributed by atoms with van der Waals surface area (Å²) >= 11 is 0. The van der Waals surface area contributed by atoms with Gasteiger partial charge in [-0.3, -0.25) is 0 Å². The first-order valence-electron chi connectivity index (χ1n) is 4.20. The van der Waals surface area contributed by atoms with Crippen LogP contribution in [0.5, 0.6) is 0 Å². The fraction of sp³-hybridized carbons (Fsp3) is 0.444. The van der Waals surface area contributed by atoms with Crippen LogP contribution in [0.3, 0.4) is 0 Å². The van der Waals surface area contributed by atoms with Crippen molar-refractivity contribution in [3.63, 3.8) is 0 Å². The third kappa shape index (κ3) is 2.26. The Labute approximate surface area is 82.3 Å². The predicted octanol–water partition coefficient (Wildman–Crippen LogP) is 0.266. The van der Waals surface area contributed by atoms with Crippen molar-refractivity contribution < 1.29 is 9.53 Å². The number of aromatic nitrogens is 2. The number of carbonyl (C=O) groups is 1. The van der Waals surface area contributed by atoms with Gasteiger partial charge in [0.2, 0.25) is 0 Å². The second kappa shape index (κ2) is 4.15. The second-order valence-corrected chi connectivity index (χ2v) is 3.01. The number of carbonyl (C=O) groups excluding carboxylic acids is 1. The number of ether oxygens (including phenoxy) is 1. The lowest BCUT2D eigenvalue weighted by atomic mass is 10.2. The summed E-state index contributed by atoms with van der Waals surface area (Å²) < 4.78 is 4.50. The highest BCUT2D eigenvalue weighted by molar-refractivity contribution is 5.76. The van der Waals surface area contributed by atoms with Crippen LogP contribution in [0.2, 0.25) is 0 Å². The highest BCUT2D eigenvalue weighted by atomic mass is 16.5. The molecule has 1 atom stereocenters. The molecule has 0 bridgehead atoms. The Hall–Kier alpha value is -1.49.